The summed E-state index contributed by atoms with van der Waals surface area (Å²) in [6, 6.07) is -4.01. The van der Waals surface area contributed by atoms with Crippen molar-refractivity contribution >= 4 is 5.91 Å². The van der Waals surface area contributed by atoms with Gasteiger partial charge in [0.25, 0.3) is 5.91 Å². The molecule has 0 aromatic heterocycles. The predicted molar refractivity (Wildman–Crippen MR) is 161 cm³/mol. The number of nitrogens with one attached hydrogen (secondary N) is 1. The fourth-order valence-electron chi connectivity index (χ4n) is 6.33. The fraction of sp³-hybridized carbons (Fsp3) is 0.963. The van der Waals surface area contributed by atoms with Gasteiger partial charge in [-0.05, 0) is 19.3 Å². The van der Waals surface area contributed by atoms with Gasteiger partial charge in [0.15, 0.2) is 25.0 Å². The number of carbonyl (C=O) groups excluding carboxylic acids is 1. The van der Waals surface area contributed by atoms with Crippen molar-refractivity contribution < 1.29 is 69.0 Å². The van der Waals surface area contributed by atoms with Crippen molar-refractivity contribution in [1.29, 1.82) is 0 Å². The van der Waals surface area contributed by atoms with Crippen molar-refractivity contribution in [3.8, 4) is 0 Å². The second-order valence-electron chi connectivity index (χ2n) is 12.7. The highest BCUT2D eigenvalue weighted by molar-refractivity contribution is 5.81. The maximum Gasteiger partial charge on any atom is 0.251 e. The molecule has 20 N–H and O–H groups in total. The molecule has 1 aliphatic carbocycles. The Morgan fingerprint density at radius 3 is 2.02 bits per heavy atom. The number of aliphatic hydroxyl groups excluding tert-OH is 7. The van der Waals surface area contributed by atoms with Gasteiger partial charge in [0.2, 0.25) is 0 Å². The standard InChI is InChI=1S/C27H53N7O14/c28-4-8-1-2-9(31)25(43-8)46-21-10(32)3-11(34-24(42)17(38)12(36)5-29)16(37)23(21)48-27-20(41)22(14(7-35)45-27)47-26-15(33)19(40)18(39)13(6-30)44-26/h8-23,25-27,35-41H,1-7,28-33H2,(H,34,42)/t8-,9+,10-,11+,12+,13-,14+,15+,16-,17?,18+,19+,20+,21+,22+,23+,25+,26+,27-/m0/s1. The molecule has 0 bridgehead atoms. The van der Waals surface area contributed by atoms with Crippen molar-refractivity contribution in [2.75, 3.05) is 26.2 Å². The second kappa shape index (κ2) is 17.3. The Labute approximate surface area is 276 Å². The second-order valence-corrected chi connectivity index (χ2v) is 12.7. The summed E-state index contributed by atoms with van der Waals surface area (Å²) in [5.41, 5.74) is 35.5. The van der Waals surface area contributed by atoms with Crippen LogP contribution in [-0.2, 0) is 33.2 Å². The Balaban J connectivity index is 1.55. The predicted octanol–water partition coefficient (Wildman–Crippen LogP) is -9.00. The van der Waals surface area contributed by atoms with E-state index in [1.54, 1.807) is 0 Å². The number of ether oxygens (including phenoxy) is 6. The van der Waals surface area contributed by atoms with E-state index in [4.69, 9.17) is 62.8 Å². The zero-order valence-electron chi connectivity index (χ0n) is 26.4. The maximum atomic E-state index is 12.7. The Morgan fingerprint density at radius 1 is 0.750 bits per heavy atom. The molecule has 0 aromatic carbocycles. The van der Waals surface area contributed by atoms with Crippen LogP contribution in [0.15, 0.2) is 0 Å². The minimum absolute atomic E-state index is 0.0996. The summed E-state index contributed by atoms with van der Waals surface area (Å²) in [5, 5.41) is 75.9. The first-order valence-corrected chi connectivity index (χ1v) is 16.0. The summed E-state index contributed by atoms with van der Waals surface area (Å²) in [7, 11) is 0. The van der Waals surface area contributed by atoms with E-state index in [9.17, 15) is 40.5 Å². The van der Waals surface area contributed by atoms with Crippen LogP contribution in [0.2, 0.25) is 0 Å². The van der Waals surface area contributed by atoms with E-state index in [1.165, 1.54) is 0 Å². The fourth-order valence-corrected chi connectivity index (χ4v) is 6.33. The minimum atomic E-state index is -1.91. The third-order valence-electron chi connectivity index (χ3n) is 9.31. The molecule has 3 saturated heterocycles. The summed E-state index contributed by atoms with van der Waals surface area (Å²) in [6.07, 6.45) is -19.4. The average Bonchev–Trinajstić information content (AvgIpc) is 3.37. The highest BCUT2D eigenvalue weighted by atomic mass is 16.8. The van der Waals surface area contributed by atoms with Gasteiger partial charge in [-0.3, -0.25) is 4.79 Å². The molecule has 21 heteroatoms. The first-order chi connectivity index (χ1) is 22.8. The normalized spacial score (nSPS) is 46.6. The number of nitrogens with two attached hydrogens (primary N) is 6. The molecular weight excluding hydrogens is 646 g/mol. The van der Waals surface area contributed by atoms with Crippen LogP contribution in [0.3, 0.4) is 0 Å². The number of rotatable bonds is 13. The van der Waals surface area contributed by atoms with Gasteiger partial charge in [0, 0.05) is 25.7 Å². The summed E-state index contributed by atoms with van der Waals surface area (Å²) in [6.45, 7) is -1.10. The molecule has 4 rings (SSSR count). The summed E-state index contributed by atoms with van der Waals surface area (Å²) in [5.74, 6) is -1.04. The Hall–Kier alpha value is -1.29. The van der Waals surface area contributed by atoms with Crippen molar-refractivity contribution in [2.24, 2.45) is 34.4 Å². The molecule has 4 aliphatic rings. The molecular formula is C27H53N7O14. The molecule has 1 saturated carbocycles. The SMILES string of the molecule is NC[C@@H]1CC[C@@H](N)[C@@H](O[C@H]2[C@H](O[C@@H]3O[C@H](CO)[C@@H](O[C@H]4O[C@@H](CN)[C@@H](O)[C@H](O)[C@H]4N)[C@H]3O)[C@@H](O)[C@H](NC(=O)C(O)[C@H](O)CN)C[C@@H]2N)O1. The molecule has 1 amide bonds. The van der Waals surface area contributed by atoms with Crippen molar-refractivity contribution in [2.45, 2.75) is 136 Å². The highest BCUT2D eigenvalue weighted by Crippen LogP contribution is 2.34. The summed E-state index contributed by atoms with van der Waals surface area (Å²) >= 11 is 0. The molecule has 280 valence electrons. The molecule has 48 heavy (non-hydrogen) atoms. The first kappa shape index (κ1) is 39.5. The van der Waals surface area contributed by atoms with Gasteiger partial charge in [-0.1, -0.05) is 0 Å². The maximum absolute atomic E-state index is 12.7. The van der Waals surface area contributed by atoms with Gasteiger partial charge in [-0.25, -0.2) is 0 Å². The molecule has 0 spiro atoms. The lowest BCUT2D eigenvalue weighted by molar-refractivity contribution is -0.289. The largest absolute Gasteiger partial charge is 0.394 e. The molecule has 19 atom stereocenters. The molecule has 21 nitrogen and oxygen atoms in total. The Morgan fingerprint density at radius 2 is 1.40 bits per heavy atom. The van der Waals surface area contributed by atoms with E-state index in [1.807, 2.05) is 0 Å². The molecule has 3 aliphatic heterocycles. The van der Waals surface area contributed by atoms with Crippen LogP contribution in [0.4, 0.5) is 0 Å². The minimum Gasteiger partial charge on any atom is -0.394 e. The molecule has 0 radical (unpaired) electrons. The zero-order chi connectivity index (χ0) is 35.4. The topological polar surface area (TPSA) is 382 Å². The van der Waals surface area contributed by atoms with Crippen molar-refractivity contribution in [3.63, 3.8) is 0 Å². The van der Waals surface area contributed by atoms with E-state index in [0.29, 0.717) is 12.8 Å². The van der Waals surface area contributed by atoms with Crippen molar-refractivity contribution in [3.05, 3.63) is 0 Å². The summed E-state index contributed by atoms with van der Waals surface area (Å²) < 4.78 is 35.4. The zero-order valence-corrected chi connectivity index (χ0v) is 26.4. The van der Waals surface area contributed by atoms with Gasteiger partial charge < -0.3 is 104 Å². The lowest BCUT2D eigenvalue weighted by Crippen LogP contribution is -2.67. The quantitative estimate of drug-likeness (QED) is 0.0848. The van der Waals surface area contributed by atoms with Crippen LogP contribution in [0, 0.1) is 0 Å². The van der Waals surface area contributed by atoms with Crippen LogP contribution < -0.4 is 39.7 Å². The van der Waals surface area contributed by atoms with Crippen LogP contribution in [0.5, 0.6) is 0 Å². The third kappa shape index (κ3) is 8.59. The van der Waals surface area contributed by atoms with Gasteiger partial charge in [0.05, 0.1) is 30.8 Å². The van der Waals surface area contributed by atoms with Gasteiger partial charge in [-0.2, -0.15) is 0 Å². The molecule has 1 unspecified atom stereocenters. The van der Waals surface area contributed by atoms with Crippen molar-refractivity contribution in [1.82, 2.24) is 5.32 Å². The summed E-state index contributed by atoms with van der Waals surface area (Å²) in [4.78, 5) is 12.7. The molecule has 4 fully saturated rings. The average molecular weight is 700 g/mol. The van der Waals surface area contributed by atoms with E-state index in [-0.39, 0.29) is 25.6 Å². The highest BCUT2D eigenvalue weighted by Gasteiger charge is 2.54. The van der Waals surface area contributed by atoms with E-state index in [0.717, 1.165) is 0 Å². The van der Waals surface area contributed by atoms with Gasteiger partial charge in [0.1, 0.15) is 61.0 Å². The van der Waals surface area contributed by atoms with Crippen LogP contribution >= 0.6 is 0 Å². The first-order valence-electron chi connectivity index (χ1n) is 16.0. The monoisotopic (exact) mass is 699 g/mol. The smallest absolute Gasteiger partial charge is 0.251 e. The van der Waals surface area contributed by atoms with E-state index < -0.39 is 129 Å². The Bertz CT molecular complexity index is 1030. The van der Waals surface area contributed by atoms with E-state index >= 15 is 0 Å². The van der Waals surface area contributed by atoms with Crippen LogP contribution in [0.25, 0.3) is 0 Å². The molecule has 0 aromatic rings. The van der Waals surface area contributed by atoms with Gasteiger partial charge >= 0.3 is 0 Å². The van der Waals surface area contributed by atoms with E-state index in [2.05, 4.69) is 5.32 Å². The molecule has 3 heterocycles. The third-order valence-corrected chi connectivity index (χ3v) is 9.31. The number of hydrogen-bond donors (Lipinski definition) is 14. The lowest BCUT2D eigenvalue weighted by Gasteiger charge is -2.46. The number of amides is 1. The van der Waals surface area contributed by atoms with Crippen LogP contribution in [-0.4, -0.2) is 184 Å². The number of aliphatic hydroxyl groups is 7. The van der Waals surface area contributed by atoms with Crippen LogP contribution in [0.1, 0.15) is 19.3 Å². The number of hydrogen-bond acceptors (Lipinski definition) is 20. The Kier molecular flexibility index (Phi) is 14.2. The van der Waals surface area contributed by atoms with Gasteiger partial charge in [-0.15, -0.1) is 0 Å². The lowest BCUT2D eigenvalue weighted by atomic mass is 9.83. The number of carbonyl (C=O) groups is 1.